The number of esters is 1. The summed E-state index contributed by atoms with van der Waals surface area (Å²) in [5, 5.41) is 10.4. The maximum absolute atomic E-state index is 12.8. The smallest absolute Gasteiger partial charge is 0.342 e. The topological polar surface area (TPSA) is 125 Å². The Morgan fingerprint density at radius 1 is 1.06 bits per heavy atom. The summed E-state index contributed by atoms with van der Waals surface area (Å²) in [6.45, 7) is 3.17. The van der Waals surface area contributed by atoms with Crippen molar-refractivity contribution in [1.29, 1.82) is 0 Å². The summed E-state index contributed by atoms with van der Waals surface area (Å²) in [6, 6.07) is 2.84. The number of cyclic esters (lactones) is 1. The lowest BCUT2D eigenvalue weighted by molar-refractivity contribution is -0.153. The van der Waals surface area contributed by atoms with Crippen LogP contribution in [0.25, 0.3) is 0 Å². The zero-order chi connectivity index (χ0) is 23.1. The maximum Gasteiger partial charge on any atom is 0.342 e. The van der Waals surface area contributed by atoms with E-state index in [1.54, 1.807) is 19.9 Å². The molecule has 1 aliphatic heterocycles. The van der Waals surface area contributed by atoms with E-state index in [1.807, 2.05) is 0 Å². The number of carbonyl (C=O) groups excluding carboxylic acids is 4. The molecule has 0 spiro atoms. The van der Waals surface area contributed by atoms with Crippen LogP contribution in [0.3, 0.4) is 0 Å². The van der Waals surface area contributed by atoms with Crippen molar-refractivity contribution in [2.24, 2.45) is 5.92 Å². The molecule has 0 radical (unpaired) electrons. The van der Waals surface area contributed by atoms with Gasteiger partial charge in [-0.1, -0.05) is 6.92 Å². The molecule has 9 nitrogen and oxygen atoms in total. The Hall–Kier alpha value is -2.78. The SMILES string of the molecule is COCOC1CCc2cc(OC)cc(O)c2C(=O)O[C@@H](C)[C@H](C)CCC(=O)C(=O)C1=O. The highest BCUT2D eigenvalue weighted by Gasteiger charge is 2.33. The summed E-state index contributed by atoms with van der Waals surface area (Å²) in [4.78, 5) is 50.1. The van der Waals surface area contributed by atoms with Crippen LogP contribution in [0.1, 0.15) is 49.0 Å². The standard InChI is InChI=1S/C22H28O9/c1-12-5-7-16(23)20(25)21(26)18(30-11-28-3)8-6-14-9-15(29-4)10-17(24)19(14)22(27)31-13(12)2/h9-10,12-13,18,24H,5-8,11H2,1-4H3/t12-,13+,18?/m1/s1. The van der Waals surface area contributed by atoms with Crippen molar-refractivity contribution >= 4 is 23.3 Å². The van der Waals surface area contributed by atoms with Crippen LogP contribution in [0.4, 0.5) is 0 Å². The van der Waals surface area contributed by atoms with Crippen molar-refractivity contribution in [3.8, 4) is 11.5 Å². The van der Waals surface area contributed by atoms with Crippen molar-refractivity contribution in [1.82, 2.24) is 0 Å². The zero-order valence-corrected chi connectivity index (χ0v) is 18.1. The Bertz CT molecular complexity index is 846. The number of fused-ring (bicyclic) bond motifs is 1. The van der Waals surface area contributed by atoms with Crippen molar-refractivity contribution in [3.05, 3.63) is 23.3 Å². The minimum Gasteiger partial charge on any atom is -0.507 e. The highest BCUT2D eigenvalue weighted by Crippen LogP contribution is 2.31. The third-order valence-electron chi connectivity index (χ3n) is 5.37. The lowest BCUT2D eigenvalue weighted by Crippen LogP contribution is -2.37. The Kier molecular flexibility index (Phi) is 8.70. The lowest BCUT2D eigenvalue weighted by atomic mass is 9.93. The summed E-state index contributed by atoms with van der Waals surface area (Å²) >= 11 is 0. The van der Waals surface area contributed by atoms with Gasteiger partial charge in [0.1, 0.15) is 36.1 Å². The normalized spacial score (nSPS) is 23.7. The molecule has 3 atom stereocenters. The number of aromatic hydroxyl groups is 1. The van der Waals surface area contributed by atoms with E-state index >= 15 is 0 Å². The molecule has 0 saturated carbocycles. The van der Waals surface area contributed by atoms with Gasteiger partial charge in [0, 0.05) is 19.6 Å². The van der Waals surface area contributed by atoms with Crippen LogP contribution in [0.2, 0.25) is 0 Å². The molecule has 1 unspecified atom stereocenters. The van der Waals surface area contributed by atoms with Crippen LogP contribution in [0.5, 0.6) is 11.5 Å². The van der Waals surface area contributed by atoms with Crippen molar-refractivity contribution in [2.75, 3.05) is 21.0 Å². The van der Waals surface area contributed by atoms with Crippen LogP contribution in [0, 0.1) is 5.92 Å². The molecule has 0 aliphatic carbocycles. The van der Waals surface area contributed by atoms with Crippen LogP contribution < -0.4 is 4.74 Å². The maximum atomic E-state index is 12.8. The summed E-state index contributed by atoms with van der Waals surface area (Å²) < 4.78 is 20.8. The predicted molar refractivity (Wildman–Crippen MR) is 108 cm³/mol. The zero-order valence-electron chi connectivity index (χ0n) is 18.1. The van der Waals surface area contributed by atoms with Crippen molar-refractivity contribution in [3.63, 3.8) is 0 Å². The van der Waals surface area contributed by atoms with E-state index in [2.05, 4.69) is 0 Å². The molecule has 2 rings (SSSR count). The largest absolute Gasteiger partial charge is 0.507 e. The van der Waals surface area contributed by atoms with Gasteiger partial charge in [-0.15, -0.1) is 0 Å². The van der Waals surface area contributed by atoms with Crippen molar-refractivity contribution < 1.29 is 43.2 Å². The molecule has 0 amide bonds. The van der Waals surface area contributed by atoms with Crippen LogP contribution in [0.15, 0.2) is 12.1 Å². The molecule has 1 heterocycles. The molecule has 1 aromatic rings. The fraction of sp³-hybridized carbons (Fsp3) is 0.545. The van der Waals surface area contributed by atoms with Gasteiger partial charge in [0.25, 0.3) is 5.78 Å². The molecular weight excluding hydrogens is 408 g/mol. The summed E-state index contributed by atoms with van der Waals surface area (Å²) in [5.41, 5.74) is 0.314. The number of aryl methyl sites for hydroxylation is 1. The lowest BCUT2D eigenvalue weighted by Gasteiger charge is -2.23. The minimum atomic E-state index is -1.24. The van der Waals surface area contributed by atoms with Gasteiger partial charge in [0.2, 0.25) is 11.6 Å². The molecule has 1 aliphatic rings. The number of phenols is 1. The molecule has 0 fully saturated rings. The first-order valence-corrected chi connectivity index (χ1v) is 10.0. The second kappa shape index (κ2) is 11.0. The molecule has 1 N–H and O–H groups in total. The Balaban J connectivity index is 2.48. The van der Waals surface area contributed by atoms with Gasteiger partial charge in [0.15, 0.2) is 0 Å². The Morgan fingerprint density at radius 3 is 2.42 bits per heavy atom. The quantitative estimate of drug-likeness (QED) is 0.428. The number of phenolic OH excluding ortho intramolecular Hbond substituents is 1. The number of methoxy groups -OCH3 is 2. The van der Waals surface area contributed by atoms with Crippen LogP contribution >= 0.6 is 0 Å². The molecule has 9 heteroatoms. The second-order valence-corrected chi connectivity index (χ2v) is 7.52. The van der Waals surface area contributed by atoms with E-state index in [4.69, 9.17) is 18.9 Å². The van der Waals surface area contributed by atoms with Gasteiger partial charge in [-0.3, -0.25) is 14.4 Å². The Morgan fingerprint density at radius 2 is 1.77 bits per heavy atom. The van der Waals surface area contributed by atoms with Gasteiger partial charge in [-0.25, -0.2) is 4.79 Å². The average Bonchev–Trinajstić information content (AvgIpc) is 2.74. The average molecular weight is 436 g/mol. The molecule has 0 bridgehead atoms. The highest BCUT2D eigenvalue weighted by atomic mass is 16.7. The number of carbonyl (C=O) groups is 4. The second-order valence-electron chi connectivity index (χ2n) is 7.52. The van der Waals surface area contributed by atoms with E-state index in [0.29, 0.717) is 11.3 Å². The molecule has 0 saturated heterocycles. The number of rotatable bonds is 4. The summed E-state index contributed by atoms with van der Waals surface area (Å²) in [7, 11) is 2.77. The fourth-order valence-electron chi connectivity index (χ4n) is 3.27. The number of hydrogen-bond acceptors (Lipinski definition) is 9. The third kappa shape index (κ3) is 6.11. The van der Waals surface area contributed by atoms with Gasteiger partial charge in [-0.05, 0) is 43.7 Å². The number of ether oxygens (including phenoxy) is 4. The van der Waals surface area contributed by atoms with Gasteiger partial charge in [0.05, 0.1) is 7.11 Å². The number of ketones is 3. The molecule has 31 heavy (non-hydrogen) atoms. The van der Waals surface area contributed by atoms with E-state index in [9.17, 15) is 24.3 Å². The van der Waals surface area contributed by atoms with Gasteiger partial charge in [-0.2, -0.15) is 0 Å². The first-order valence-electron chi connectivity index (χ1n) is 10.0. The number of benzene rings is 1. The number of hydrogen-bond donors (Lipinski definition) is 1. The fourth-order valence-corrected chi connectivity index (χ4v) is 3.27. The number of Topliss-reactive ketones (excluding diaryl/α,β-unsaturated/α-hetero) is 3. The van der Waals surface area contributed by atoms with E-state index < -0.39 is 35.5 Å². The van der Waals surface area contributed by atoms with Gasteiger partial charge >= 0.3 is 5.97 Å². The first kappa shape index (κ1) is 24.5. The first-order chi connectivity index (χ1) is 14.7. The monoisotopic (exact) mass is 436 g/mol. The van der Waals surface area contributed by atoms with E-state index in [1.165, 1.54) is 20.3 Å². The molecule has 0 aromatic heterocycles. The van der Waals surface area contributed by atoms with E-state index in [-0.39, 0.29) is 49.7 Å². The van der Waals surface area contributed by atoms with Gasteiger partial charge < -0.3 is 24.1 Å². The molecular formula is C22H28O9. The van der Waals surface area contributed by atoms with Crippen LogP contribution in [-0.2, 0) is 35.0 Å². The summed E-state index contributed by atoms with van der Waals surface area (Å²) in [5.74, 6) is -3.90. The predicted octanol–water partition coefficient (Wildman–Crippen LogP) is 2.00. The van der Waals surface area contributed by atoms with Crippen molar-refractivity contribution in [2.45, 2.75) is 51.7 Å². The van der Waals surface area contributed by atoms with Crippen LogP contribution in [-0.4, -0.2) is 61.6 Å². The third-order valence-corrected chi connectivity index (χ3v) is 5.37. The Labute approximate surface area is 180 Å². The summed E-state index contributed by atoms with van der Waals surface area (Å²) in [6.07, 6.45) is -1.68. The molecule has 170 valence electrons. The minimum absolute atomic E-state index is 0.0277. The van der Waals surface area contributed by atoms with E-state index in [0.717, 1.165) is 0 Å². The highest BCUT2D eigenvalue weighted by molar-refractivity contribution is 6.64. The molecule has 1 aromatic carbocycles.